The Morgan fingerprint density at radius 1 is 1.19 bits per heavy atom. The molecule has 6 nitrogen and oxygen atoms in total. The first-order valence-corrected chi connectivity index (χ1v) is 10.3. The topological polar surface area (TPSA) is 75.7 Å². The lowest BCUT2D eigenvalue weighted by molar-refractivity contribution is -0.122. The second-order valence-electron chi connectivity index (χ2n) is 5.94. The Bertz CT molecular complexity index is 902. The van der Waals surface area contributed by atoms with E-state index in [2.05, 4.69) is 5.32 Å². The van der Waals surface area contributed by atoms with Crippen LogP contribution in [-0.2, 0) is 21.4 Å². The molecule has 0 heterocycles. The molecule has 1 N–H and O–H groups in total. The molecule has 2 rings (SSSR count). The highest BCUT2D eigenvalue weighted by Gasteiger charge is 2.30. The Morgan fingerprint density at radius 3 is 2.44 bits per heavy atom. The van der Waals surface area contributed by atoms with Gasteiger partial charge in [-0.3, -0.25) is 9.10 Å². The van der Waals surface area contributed by atoms with Crippen molar-refractivity contribution >= 4 is 21.6 Å². The van der Waals surface area contributed by atoms with Crippen LogP contribution in [0.15, 0.2) is 48.5 Å². The van der Waals surface area contributed by atoms with E-state index in [1.165, 1.54) is 25.1 Å². The molecule has 0 aliphatic heterocycles. The number of para-hydroxylation sites is 2. The zero-order chi connectivity index (χ0) is 20.0. The van der Waals surface area contributed by atoms with Crippen molar-refractivity contribution in [2.24, 2.45) is 0 Å². The Kier molecular flexibility index (Phi) is 6.79. The summed E-state index contributed by atoms with van der Waals surface area (Å²) in [7, 11) is -3.88. The molecule has 1 amide bonds. The minimum Gasteiger partial charge on any atom is -0.494 e. The Morgan fingerprint density at radius 2 is 1.81 bits per heavy atom. The molecule has 0 bridgehead atoms. The second-order valence-corrected chi connectivity index (χ2v) is 7.80. The molecule has 0 saturated heterocycles. The van der Waals surface area contributed by atoms with Gasteiger partial charge in [-0.25, -0.2) is 12.8 Å². The van der Waals surface area contributed by atoms with Crippen molar-refractivity contribution in [3.8, 4) is 5.75 Å². The lowest BCUT2D eigenvalue weighted by Gasteiger charge is -2.28. The number of anilines is 1. The quantitative estimate of drug-likeness (QED) is 0.747. The van der Waals surface area contributed by atoms with Crippen LogP contribution in [0.25, 0.3) is 0 Å². The van der Waals surface area contributed by atoms with Gasteiger partial charge < -0.3 is 10.1 Å². The number of benzene rings is 2. The molecule has 2 aromatic rings. The van der Waals surface area contributed by atoms with Crippen molar-refractivity contribution in [2.75, 3.05) is 17.2 Å². The molecule has 1 atom stereocenters. The van der Waals surface area contributed by atoms with Gasteiger partial charge in [-0.1, -0.05) is 30.3 Å². The fraction of sp³-hybridized carbons (Fsp3) is 0.316. The van der Waals surface area contributed by atoms with Crippen molar-refractivity contribution in [1.29, 1.82) is 0 Å². The van der Waals surface area contributed by atoms with E-state index in [-0.39, 0.29) is 12.2 Å². The van der Waals surface area contributed by atoms with E-state index in [1.807, 2.05) is 19.1 Å². The lowest BCUT2D eigenvalue weighted by Crippen LogP contribution is -2.48. The van der Waals surface area contributed by atoms with E-state index in [0.29, 0.717) is 12.4 Å². The molecule has 0 fully saturated rings. The van der Waals surface area contributed by atoms with Crippen LogP contribution in [0, 0.1) is 5.82 Å². The predicted molar refractivity (Wildman–Crippen MR) is 103 cm³/mol. The van der Waals surface area contributed by atoms with Crippen LogP contribution >= 0.6 is 0 Å². The van der Waals surface area contributed by atoms with Crippen LogP contribution in [0.3, 0.4) is 0 Å². The molecule has 0 saturated carbocycles. The number of halogens is 1. The van der Waals surface area contributed by atoms with Gasteiger partial charge in [-0.05, 0) is 32.0 Å². The van der Waals surface area contributed by atoms with E-state index in [1.54, 1.807) is 12.1 Å². The number of ether oxygens (including phenoxy) is 1. The molecular formula is C19H23FN2O4S. The first kappa shape index (κ1) is 20.7. The summed E-state index contributed by atoms with van der Waals surface area (Å²) in [4.78, 5) is 12.6. The average Bonchev–Trinajstić information content (AvgIpc) is 2.61. The number of nitrogens with zero attached hydrogens (tertiary/aromatic N) is 1. The van der Waals surface area contributed by atoms with Gasteiger partial charge in [0.2, 0.25) is 15.9 Å². The SMILES string of the molecule is CCOc1ccccc1CNC(=O)[C@@H](C)N(c1ccccc1F)S(C)(=O)=O. The van der Waals surface area contributed by atoms with Gasteiger partial charge >= 0.3 is 0 Å². The highest BCUT2D eigenvalue weighted by molar-refractivity contribution is 7.92. The van der Waals surface area contributed by atoms with Crippen LogP contribution in [0.4, 0.5) is 10.1 Å². The minimum absolute atomic E-state index is 0.161. The van der Waals surface area contributed by atoms with Crippen LogP contribution in [0.2, 0.25) is 0 Å². The summed E-state index contributed by atoms with van der Waals surface area (Å²) in [6.07, 6.45) is 0.938. The Labute approximate surface area is 159 Å². The van der Waals surface area contributed by atoms with E-state index < -0.39 is 27.8 Å². The molecule has 8 heteroatoms. The summed E-state index contributed by atoms with van der Waals surface area (Å²) in [5, 5.41) is 2.69. The van der Waals surface area contributed by atoms with Gasteiger partial charge in [0, 0.05) is 12.1 Å². The average molecular weight is 394 g/mol. The smallest absolute Gasteiger partial charge is 0.243 e. The zero-order valence-corrected chi connectivity index (χ0v) is 16.3. The van der Waals surface area contributed by atoms with Crippen molar-refractivity contribution in [3.63, 3.8) is 0 Å². The van der Waals surface area contributed by atoms with Gasteiger partial charge in [-0.15, -0.1) is 0 Å². The van der Waals surface area contributed by atoms with E-state index in [4.69, 9.17) is 4.74 Å². The number of hydrogen-bond donors (Lipinski definition) is 1. The van der Waals surface area contributed by atoms with Crippen LogP contribution in [0.1, 0.15) is 19.4 Å². The first-order chi connectivity index (χ1) is 12.8. The van der Waals surface area contributed by atoms with Crippen LogP contribution < -0.4 is 14.4 Å². The molecule has 146 valence electrons. The normalized spacial score (nSPS) is 12.3. The number of sulfonamides is 1. The first-order valence-electron chi connectivity index (χ1n) is 8.48. The summed E-state index contributed by atoms with van der Waals surface area (Å²) >= 11 is 0. The number of nitrogens with one attached hydrogen (secondary N) is 1. The van der Waals surface area contributed by atoms with Gasteiger partial charge in [0.05, 0.1) is 18.6 Å². The fourth-order valence-electron chi connectivity index (χ4n) is 2.69. The molecule has 0 spiro atoms. The maximum atomic E-state index is 14.1. The number of carbonyl (C=O) groups is 1. The summed E-state index contributed by atoms with van der Waals surface area (Å²) in [6, 6.07) is 11.5. The standard InChI is InChI=1S/C19H23FN2O4S/c1-4-26-18-12-8-5-9-15(18)13-21-19(23)14(2)22(27(3,24)25)17-11-7-6-10-16(17)20/h5-12,14H,4,13H2,1-3H3,(H,21,23)/t14-/m1/s1. The van der Waals surface area contributed by atoms with Gasteiger partial charge in [0.1, 0.15) is 17.6 Å². The maximum absolute atomic E-state index is 14.1. The highest BCUT2D eigenvalue weighted by atomic mass is 32.2. The van der Waals surface area contributed by atoms with Crippen molar-refractivity contribution in [3.05, 3.63) is 59.9 Å². The third-order valence-electron chi connectivity index (χ3n) is 3.90. The monoisotopic (exact) mass is 394 g/mol. The summed E-state index contributed by atoms with van der Waals surface area (Å²) in [6.45, 7) is 3.91. The number of amides is 1. The molecular weight excluding hydrogens is 371 g/mol. The van der Waals surface area contributed by atoms with Crippen LogP contribution in [-0.4, -0.2) is 33.2 Å². The molecule has 0 aliphatic rings. The van der Waals surface area contributed by atoms with Crippen LogP contribution in [0.5, 0.6) is 5.75 Å². The third kappa shape index (κ3) is 5.19. The van der Waals surface area contributed by atoms with E-state index in [9.17, 15) is 17.6 Å². The summed E-state index contributed by atoms with van der Waals surface area (Å²) < 4.78 is 44.8. The van der Waals surface area contributed by atoms with Gasteiger partial charge in [0.25, 0.3) is 0 Å². The predicted octanol–water partition coefficient (Wildman–Crippen LogP) is 2.70. The second kappa shape index (κ2) is 8.85. The molecule has 0 aromatic heterocycles. The summed E-state index contributed by atoms with van der Waals surface area (Å²) in [5.41, 5.74) is 0.592. The third-order valence-corrected chi connectivity index (χ3v) is 5.13. The molecule has 0 unspecified atom stereocenters. The number of rotatable bonds is 8. The molecule has 0 radical (unpaired) electrons. The largest absolute Gasteiger partial charge is 0.494 e. The maximum Gasteiger partial charge on any atom is 0.243 e. The molecule has 0 aliphatic carbocycles. The van der Waals surface area contributed by atoms with E-state index >= 15 is 0 Å². The zero-order valence-electron chi connectivity index (χ0n) is 15.5. The Hall–Kier alpha value is -2.61. The summed E-state index contributed by atoms with van der Waals surface area (Å²) in [5.74, 6) is -0.624. The van der Waals surface area contributed by atoms with Gasteiger partial charge in [0.15, 0.2) is 0 Å². The van der Waals surface area contributed by atoms with Gasteiger partial charge in [-0.2, -0.15) is 0 Å². The minimum atomic E-state index is -3.88. The fourth-order valence-corrected chi connectivity index (χ4v) is 3.86. The van der Waals surface area contributed by atoms with Crippen molar-refractivity contribution in [1.82, 2.24) is 5.32 Å². The number of carbonyl (C=O) groups excluding carboxylic acids is 1. The van der Waals surface area contributed by atoms with E-state index in [0.717, 1.165) is 22.2 Å². The molecule has 27 heavy (non-hydrogen) atoms. The number of hydrogen-bond acceptors (Lipinski definition) is 4. The lowest BCUT2D eigenvalue weighted by atomic mass is 10.2. The molecule has 2 aromatic carbocycles. The highest BCUT2D eigenvalue weighted by Crippen LogP contribution is 2.24. The van der Waals surface area contributed by atoms with Crippen molar-refractivity contribution in [2.45, 2.75) is 26.4 Å². The Balaban J connectivity index is 2.20. The van der Waals surface area contributed by atoms with Crippen molar-refractivity contribution < 1.29 is 22.3 Å².